The van der Waals surface area contributed by atoms with Crippen LogP contribution in [0.1, 0.15) is 27.9 Å². The van der Waals surface area contributed by atoms with Gasteiger partial charge in [0.15, 0.2) is 0 Å². The zero-order chi connectivity index (χ0) is 22.8. The molecule has 0 aromatic heterocycles. The van der Waals surface area contributed by atoms with Crippen molar-refractivity contribution >= 4 is 29.1 Å². The van der Waals surface area contributed by atoms with E-state index in [0.717, 1.165) is 24.7 Å². The fraction of sp³-hybridized carbons (Fsp3) is 0.375. The lowest BCUT2D eigenvalue weighted by Gasteiger charge is -2.21. The van der Waals surface area contributed by atoms with Gasteiger partial charge < -0.3 is 15.1 Å². The number of fused-ring (bicyclic) bond motifs is 1. The van der Waals surface area contributed by atoms with E-state index in [1.807, 2.05) is 25.1 Å². The molecule has 2 unspecified atom stereocenters. The molecule has 2 saturated heterocycles. The fourth-order valence-electron chi connectivity index (χ4n) is 4.52. The molecule has 4 rings (SSSR count). The molecule has 2 aliphatic rings. The number of likely N-dealkylation sites (tertiary alicyclic amines) is 2. The first kappa shape index (κ1) is 22.3. The van der Waals surface area contributed by atoms with Crippen molar-refractivity contribution in [3.05, 3.63) is 63.9 Å². The predicted octanol–water partition coefficient (Wildman–Crippen LogP) is 3.69. The van der Waals surface area contributed by atoms with Crippen LogP contribution in [0, 0.1) is 35.9 Å². The predicted molar refractivity (Wildman–Crippen MR) is 120 cm³/mol. The second kappa shape index (κ2) is 9.27. The molecule has 8 heteroatoms. The van der Waals surface area contributed by atoms with Crippen LogP contribution in [-0.2, 0) is 4.79 Å². The van der Waals surface area contributed by atoms with Crippen LogP contribution in [-0.4, -0.2) is 54.3 Å². The van der Waals surface area contributed by atoms with Crippen LogP contribution < -0.4 is 5.32 Å². The van der Waals surface area contributed by atoms with E-state index in [1.54, 1.807) is 11.0 Å². The Bertz CT molecular complexity index is 1090. The number of nitrogens with zero attached hydrogens (tertiary/aromatic N) is 3. The van der Waals surface area contributed by atoms with Gasteiger partial charge in [0, 0.05) is 49.9 Å². The maximum Gasteiger partial charge on any atom is 0.256 e. The second-order valence-corrected chi connectivity index (χ2v) is 8.97. The lowest BCUT2D eigenvalue weighted by molar-refractivity contribution is -0.116. The molecular formula is C24H24ClFN4O2. The van der Waals surface area contributed by atoms with Gasteiger partial charge in [0.1, 0.15) is 5.82 Å². The second-order valence-electron chi connectivity index (χ2n) is 8.56. The summed E-state index contributed by atoms with van der Waals surface area (Å²) in [6.45, 7) is 5.34. The third-order valence-corrected chi connectivity index (χ3v) is 6.70. The molecule has 0 radical (unpaired) electrons. The third kappa shape index (κ3) is 4.77. The van der Waals surface area contributed by atoms with Gasteiger partial charge in [0.25, 0.3) is 5.91 Å². The maximum absolute atomic E-state index is 14.2. The summed E-state index contributed by atoms with van der Waals surface area (Å²) in [5.41, 5.74) is 1.85. The zero-order valence-electron chi connectivity index (χ0n) is 17.8. The molecule has 0 bridgehead atoms. The fourth-order valence-corrected chi connectivity index (χ4v) is 4.70. The number of amides is 2. The number of hydrogen-bond acceptors (Lipinski definition) is 4. The molecule has 0 aliphatic carbocycles. The standard InChI is InChI=1S/C24H24ClFN4O2/c1-15-2-4-19(9-21(15)25)28-23(31)6-7-29-11-17-13-30(14-18(17)12-29)24(32)20-5-3-16(10-27)8-22(20)26/h2-5,8-9,17-18H,6-7,11-14H2,1H3,(H,28,31). The Labute approximate surface area is 191 Å². The smallest absolute Gasteiger partial charge is 0.256 e. The summed E-state index contributed by atoms with van der Waals surface area (Å²) < 4.78 is 14.2. The van der Waals surface area contributed by atoms with E-state index in [1.165, 1.54) is 12.1 Å². The Hall–Kier alpha value is -2.95. The van der Waals surface area contributed by atoms with Crippen LogP contribution >= 0.6 is 11.6 Å². The normalized spacial score (nSPS) is 20.1. The van der Waals surface area contributed by atoms with Crippen molar-refractivity contribution in [2.24, 2.45) is 11.8 Å². The number of hydrogen-bond donors (Lipinski definition) is 1. The number of carbonyl (C=O) groups excluding carboxylic acids is 2. The minimum Gasteiger partial charge on any atom is -0.338 e. The zero-order valence-corrected chi connectivity index (χ0v) is 18.5. The molecule has 0 spiro atoms. The molecular weight excluding hydrogens is 431 g/mol. The van der Waals surface area contributed by atoms with Crippen molar-refractivity contribution in [1.82, 2.24) is 9.80 Å². The average Bonchev–Trinajstić information content (AvgIpc) is 3.33. The van der Waals surface area contributed by atoms with E-state index >= 15 is 0 Å². The van der Waals surface area contributed by atoms with E-state index in [4.69, 9.17) is 16.9 Å². The molecule has 1 N–H and O–H groups in total. The number of anilines is 1. The minimum absolute atomic E-state index is 0.00806. The van der Waals surface area contributed by atoms with Gasteiger partial charge in [-0.3, -0.25) is 9.59 Å². The van der Waals surface area contributed by atoms with Gasteiger partial charge in [-0.05, 0) is 54.7 Å². The molecule has 0 saturated carbocycles. The summed E-state index contributed by atoms with van der Waals surface area (Å²) in [5, 5.41) is 12.4. The first-order chi connectivity index (χ1) is 15.3. The van der Waals surface area contributed by atoms with E-state index in [0.29, 0.717) is 48.6 Å². The number of nitrogens with one attached hydrogen (secondary N) is 1. The van der Waals surface area contributed by atoms with Crippen LogP contribution in [0.5, 0.6) is 0 Å². The molecule has 32 heavy (non-hydrogen) atoms. The summed E-state index contributed by atoms with van der Waals surface area (Å²) in [7, 11) is 0. The minimum atomic E-state index is -0.659. The van der Waals surface area contributed by atoms with Crippen LogP contribution in [0.2, 0.25) is 5.02 Å². The Morgan fingerprint density at radius 2 is 1.88 bits per heavy atom. The Kier molecular flexibility index (Phi) is 6.45. The molecule has 2 aromatic carbocycles. The van der Waals surface area contributed by atoms with Crippen molar-refractivity contribution in [3.63, 3.8) is 0 Å². The van der Waals surface area contributed by atoms with Crippen LogP contribution in [0.15, 0.2) is 36.4 Å². The summed E-state index contributed by atoms with van der Waals surface area (Å²) in [6, 6.07) is 11.3. The summed E-state index contributed by atoms with van der Waals surface area (Å²) >= 11 is 6.11. The molecule has 2 heterocycles. The van der Waals surface area contributed by atoms with Gasteiger partial charge in [-0.1, -0.05) is 17.7 Å². The summed E-state index contributed by atoms with van der Waals surface area (Å²) in [4.78, 5) is 29.0. The van der Waals surface area contributed by atoms with Crippen molar-refractivity contribution < 1.29 is 14.0 Å². The SMILES string of the molecule is Cc1ccc(NC(=O)CCN2CC3CN(C(=O)c4ccc(C#N)cc4F)CC3C2)cc1Cl. The first-order valence-electron chi connectivity index (χ1n) is 10.6. The number of nitriles is 1. The molecule has 2 atom stereocenters. The van der Waals surface area contributed by atoms with E-state index in [-0.39, 0.29) is 22.9 Å². The van der Waals surface area contributed by atoms with Crippen molar-refractivity contribution in [1.29, 1.82) is 5.26 Å². The average molecular weight is 455 g/mol. The van der Waals surface area contributed by atoms with Gasteiger partial charge in [0.05, 0.1) is 17.2 Å². The van der Waals surface area contributed by atoms with E-state index in [2.05, 4.69) is 10.2 Å². The van der Waals surface area contributed by atoms with Crippen molar-refractivity contribution in [3.8, 4) is 6.07 Å². The lowest BCUT2D eigenvalue weighted by atomic mass is 10.0. The molecule has 2 aromatic rings. The highest BCUT2D eigenvalue weighted by Crippen LogP contribution is 2.32. The Balaban J connectivity index is 1.26. The van der Waals surface area contributed by atoms with Crippen molar-refractivity contribution in [2.75, 3.05) is 38.0 Å². The monoisotopic (exact) mass is 454 g/mol. The maximum atomic E-state index is 14.2. The first-order valence-corrected chi connectivity index (χ1v) is 11.0. The Morgan fingerprint density at radius 3 is 2.50 bits per heavy atom. The Morgan fingerprint density at radius 1 is 1.16 bits per heavy atom. The lowest BCUT2D eigenvalue weighted by Crippen LogP contribution is -2.34. The summed E-state index contributed by atoms with van der Waals surface area (Å²) in [6.07, 6.45) is 0.379. The molecule has 2 fully saturated rings. The molecule has 2 aliphatic heterocycles. The third-order valence-electron chi connectivity index (χ3n) is 6.29. The number of carbonyl (C=O) groups is 2. The van der Waals surface area contributed by atoms with Gasteiger partial charge in [-0.25, -0.2) is 4.39 Å². The van der Waals surface area contributed by atoms with Crippen molar-refractivity contribution in [2.45, 2.75) is 13.3 Å². The van der Waals surface area contributed by atoms with Crippen LogP contribution in [0.25, 0.3) is 0 Å². The van der Waals surface area contributed by atoms with E-state index < -0.39 is 5.82 Å². The van der Waals surface area contributed by atoms with Gasteiger partial charge in [-0.2, -0.15) is 5.26 Å². The van der Waals surface area contributed by atoms with Gasteiger partial charge in [0.2, 0.25) is 5.91 Å². The highest BCUT2D eigenvalue weighted by molar-refractivity contribution is 6.31. The number of aryl methyl sites for hydroxylation is 1. The highest BCUT2D eigenvalue weighted by atomic mass is 35.5. The molecule has 6 nitrogen and oxygen atoms in total. The van der Waals surface area contributed by atoms with E-state index in [9.17, 15) is 14.0 Å². The molecule has 2 amide bonds. The number of halogens is 2. The van der Waals surface area contributed by atoms with Crippen LogP contribution in [0.3, 0.4) is 0 Å². The quantitative estimate of drug-likeness (QED) is 0.747. The molecule has 166 valence electrons. The summed E-state index contributed by atoms with van der Waals surface area (Å²) in [5.74, 6) is -0.411. The van der Waals surface area contributed by atoms with Gasteiger partial charge in [-0.15, -0.1) is 0 Å². The largest absolute Gasteiger partial charge is 0.338 e. The number of rotatable bonds is 5. The van der Waals surface area contributed by atoms with Gasteiger partial charge >= 0.3 is 0 Å². The highest BCUT2D eigenvalue weighted by Gasteiger charge is 2.41. The van der Waals surface area contributed by atoms with Crippen LogP contribution in [0.4, 0.5) is 10.1 Å². The number of benzene rings is 2. The topological polar surface area (TPSA) is 76.4 Å².